The summed E-state index contributed by atoms with van der Waals surface area (Å²) in [6.07, 6.45) is 1.97. The second-order valence-corrected chi connectivity index (χ2v) is 9.30. The minimum atomic E-state index is -3.60. The van der Waals surface area contributed by atoms with Crippen LogP contribution in [-0.4, -0.2) is 61.3 Å². The largest absolute Gasteiger partial charge is 0.494 e. The first kappa shape index (κ1) is 21.3. The lowest BCUT2D eigenvalue weighted by Gasteiger charge is -2.34. The van der Waals surface area contributed by atoms with E-state index in [9.17, 15) is 13.2 Å². The summed E-state index contributed by atoms with van der Waals surface area (Å²) in [7, 11) is -3.60. The molecule has 8 heteroatoms. The molecule has 4 rings (SSSR count). The average Bonchev–Trinajstić information content (AvgIpc) is 2.80. The molecule has 31 heavy (non-hydrogen) atoms. The van der Waals surface area contributed by atoms with E-state index in [1.807, 2.05) is 37.3 Å². The zero-order chi connectivity index (χ0) is 21.8. The van der Waals surface area contributed by atoms with Crippen molar-refractivity contribution in [3.05, 3.63) is 66.4 Å². The van der Waals surface area contributed by atoms with E-state index in [0.29, 0.717) is 25.4 Å². The van der Waals surface area contributed by atoms with E-state index in [-0.39, 0.29) is 30.3 Å². The monoisotopic (exact) mass is 439 g/mol. The number of para-hydroxylation sites is 1. The van der Waals surface area contributed by atoms with Crippen molar-refractivity contribution >= 4 is 26.8 Å². The van der Waals surface area contributed by atoms with Crippen molar-refractivity contribution in [3.63, 3.8) is 0 Å². The number of hydrogen-bond donors (Lipinski definition) is 0. The fourth-order valence-corrected chi connectivity index (χ4v) is 5.21. The van der Waals surface area contributed by atoms with E-state index in [1.165, 1.54) is 4.31 Å². The van der Waals surface area contributed by atoms with Gasteiger partial charge in [-0.2, -0.15) is 4.31 Å². The fraction of sp³-hybridized carbons (Fsp3) is 0.304. The molecule has 1 fully saturated rings. The molecule has 2 heterocycles. The van der Waals surface area contributed by atoms with Gasteiger partial charge in [-0.15, -0.1) is 0 Å². The number of fused-ring (bicyclic) bond motifs is 1. The number of hydrogen-bond acceptors (Lipinski definition) is 5. The minimum absolute atomic E-state index is 0.0173. The molecule has 0 aliphatic carbocycles. The molecular weight excluding hydrogens is 414 g/mol. The molecule has 1 aliphatic heterocycles. The summed E-state index contributed by atoms with van der Waals surface area (Å²) in [6, 6.07) is 16.1. The molecular formula is C23H25N3O4S. The van der Waals surface area contributed by atoms with Crippen molar-refractivity contribution < 1.29 is 17.9 Å². The Morgan fingerprint density at radius 3 is 2.42 bits per heavy atom. The lowest BCUT2D eigenvalue weighted by Crippen LogP contribution is -2.50. The van der Waals surface area contributed by atoms with E-state index in [2.05, 4.69) is 4.98 Å². The summed E-state index contributed by atoms with van der Waals surface area (Å²) in [5.74, 6) is 0.621. The molecule has 0 radical (unpaired) electrons. The van der Waals surface area contributed by atoms with Crippen LogP contribution in [0.15, 0.2) is 65.7 Å². The number of pyridine rings is 1. The van der Waals surface area contributed by atoms with Crippen molar-refractivity contribution in [2.75, 3.05) is 32.8 Å². The molecule has 0 spiro atoms. The van der Waals surface area contributed by atoms with Crippen LogP contribution in [0.25, 0.3) is 10.9 Å². The maximum atomic E-state index is 12.9. The number of amides is 1. The van der Waals surface area contributed by atoms with Crippen molar-refractivity contribution in [1.29, 1.82) is 0 Å². The topological polar surface area (TPSA) is 79.8 Å². The molecule has 7 nitrogen and oxygen atoms in total. The lowest BCUT2D eigenvalue weighted by atomic mass is 10.1. The molecule has 162 valence electrons. The Kier molecular flexibility index (Phi) is 6.20. The number of aromatic nitrogens is 1. The predicted molar refractivity (Wildman–Crippen MR) is 118 cm³/mol. The Labute approximate surface area is 182 Å². The lowest BCUT2D eigenvalue weighted by molar-refractivity contribution is -0.131. The van der Waals surface area contributed by atoms with Gasteiger partial charge in [0.1, 0.15) is 5.75 Å². The Morgan fingerprint density at radius 1 is 1.00 bits per heavy atom. The maximum absolute atomic E-state index is 12.9. The highest BCUT2D eigenvalue weighted by Gasteiger charge is 2.30. The van der Waals surface area contributed by atoms with Crippen LogP contribution in [0.3, 0.4) is 0 Å². The Hall–Kier alpha value is -2.97. The highest BCUT2D eigenvalue weighted by Crippen LogP contribution is 2.22. The number of benzene rings is 2. The quantitative estimate of drug-likeness (QED) is 0.590. The summed E-state index contributed by atoms with van der Waals surface area (Å²) in [6.45, 7) is 3.68. The Balaban J connectivity index is 1.40. The van der Waals surface area contributed by atoms with Gasteiger partial charge >= 0.3 is 0 Å². The molecule has 1 saturated heterocycles. The summed E-state index contributed by atoms with van der Waals surface area (Å²) >= 11 is 0. The second kappa shape index (κ2) is 9.03. The summed E-state index contributed by atoms with van der Waals surface area (Å²) in [5, 5.41) is 0.999. The number of nitrogens with zero attached hydrogens (tertiary/aromatic N) is 3. The normalized spacial score (nSPS) is 15.2. The van der Waals surface area contributed by atoms with Gasteiger partial charge in [0.25, 0.3) is 0 Å². The number of rotatable bonds is 6. The van der Waals surface area contributed by atoms with E-state index in [4.69, 9.17) is 4.74 Å². The highest BCUT2D eigenvalue weighted by atomic mass is 32.2. The van der Waals surface area contributed by atoms with Crippen LogP contribution in [0.1, 0.15) is 12.5 Å². The van der Waals surface area contributed by atoms with Crippen molar-refractivity contribution in [2.45, 2.75) is 18.2 Å². The van der Waals surface area contributed by atoms with Crippen LogP contribution in [0.5, 0.6) is 5.75 Å². The number of sulfonamides is 1. The first-order valence-electron chi connectivity index (χ1n) is 10.3. The average molecular weight is 440 g/mol. The van der Waals surface area contributed by atoms with Crippen molar-refractivity contribution in [3.8, 4) is 5.75 Å². The highest BCUT2D eigenvalue weighted by molar-refractivity contribution is 7.89. The summed E-state index contributed by atoms with van der Waals surface area (Å²) in [5.41, 5.74) is 1.71. The minimum Gasteiger partial charge on any atom is -0.494 e. The van der Waals surface area contributed by atoms with Gasteiger partial charge in [-0.3, -0.25) is 9.78 Å². The molecule has 2 aromatic carbocycles. The SMILES string of the molecule is CCOc1ccc(S(=O)(=O)N2CCN(C(=O)Cc3cccc4cccnc34)CC2)cc1. The summed E-state index contributed by atoms with van der Waals surface area (Å²) in [4.78, 5) is 19.2. The van der Waals surface area contributed by atoms with E-state index in [0.717, 1.165) is 16.5 Å². The van der Waals surface area contributed by atoms with Gasteiger partial charge in [-0.1, -0.05) is 24.3 Å². The van der Waals surface area contributed by atoms with E-state index in [1.54, 1.807) is 35.4 Å². The van der Waals surface area contributed by atoms with Gasteiger partial charge in [-0.05, 0) is 42.8 Å². The molecule has 0 N–H and O–H groups in total. The van der Waals surface area contributed by atoms with Crippen LogP contribution in [-0.2, 0) is 21.2 Å². The van der Waals surface area contributed by atoms with Gasteiger partial charge in [-0.25, -0.2) is 8.42 Å². The molecule has 0 unspecified atom stereocenters. The van der Waals surface area contributed by atoms with Gasteiger partial charge in [0.15, 0.2) is 0 Å². The van der Waals surface area contributed by atoms with Gasteiger partial charge in [0.05, 0.1) is 23.4 Å². The zero-order valence-corrected chi connectivity index (χ0v) is 18.2. The first-order valence-corrected chi connectivity index (χ1v) is 11.8. The molecule has 1 amide bonds. The first-order chi connectivity index (χ1) is 15.0. The third kappa shape index (κ3) is 4.55. The Bertz CT molecular complexity index is 1170. The van der Waals surface area contributed by atoms with Crippen LogP contribution in [0.4, 0.5) is 0 Å². The maximum Gasteiger partial charge on any atom is 0.243 e. The van der Waals surface area contributed by atoms with Crippen LogP contribution in [0, 0.1) is 0 Å². The van der Waals surface area contributed by atoms with Crippen LogP contribution < -0.4 is 4.74 Å². The predicted octanol–water partition coefficient (Wildman–Crippen LogP) is 2.71. The molecule has 0 atom stereocenters. The third-order valence-corrected chi connectivity index (χ3v) is 7.33. The van der Waals surface area contributed by atoms with Gasteiger partial charge in [0.2, 0.25) is 15.9 Å². The smallest absolute Gasteiger partial charge is 0.243 e. The van der Waals surface area contributed by atoms with Gasteiger partial charge < -0.3 is 9.64 Å². The van der Waals surface area contributed by atoms with E-state index >= 15 is 0 Å². The number of piperazine rings is 1. The molecule has 1 aromatic heterocycles. The van der Waals surface area contributed by atoms with Crippen molar-refractivity contribution in [1.82, 2.24) is 14.2 Å². The second-order valence-electron chi connectivity index (χ2n) is 7.36. The molecule has 1 aliphatic rings. The number of carbonyl (C=O) groups excluding carboxylic acids is 1. The van der Waals surface area contributed by atoms with Crippen LogP contribution >= 0.6 is 0 Å². The summed E-state index contributed by atoms with van der Waals surface area (Å²) < 4.78 is 32.7. The standard InChI is InChI=1S/C23H25N3O4S/c1-2-30-20-8-10-21(11-9-20)31(28,29)26-15-13-25(14-16-26)22(27)17-19-6-3-5-18-7-4-12-24-23(18)19/h3-12H,2,13-17H2,1H3. The Morgan fingerprint density at radius 2 is 1.71 bits per heavy atom. The molecule has 0 saturated carbocycles. The number of carbonyl (C=O) groups is 1. The van der Waals surface area contributed by atoms with E-state index < -0.39 is 10.0 Å². The molecule has 3 aromatic rings. The van der Waals surface area contributed by atoms with Crippen LogP contribution in [0.2, 0.25) is 0 Å². The van der Waals surface area contributed by atoms with Crippen molar-refractivity contribution in [2.24, 2.45) is 0 Å². The number of ether oxygens (including phenoxy) is 1. The van der Waals surface area contributed by atoms with Gasteiger partial charge in [0, 0.05) is 37.8 Å². The zero-order valence-electron chi connectivity index (χ0n) is 17.4. The third-order valence-electron chi connectivity index (χ3n) is 5.42. The fourth-order valence-electron chi connectivity index (χ4n) is 3.79. The molecule has 0 bridgehead atoms.